The van der Waals surface area contributed by atoms with Crippen molar-refractivity contribution < 1.29 is 4.79 Å². The number of benzene rings is 1. The van der Waals surface area contributed by atoms with E-state index in [9.17, 15) is 4.79 Å². The zero-order chi connectivity index (χ0) is 12.6. The SMILES string of the molecule is CCCc1c(C(N)=O)ccc2c1nc(C)n2C. The molecule has 0 bridgehead atoms. The number of hydrogen-bond donors (Lipinski definition) is 1. The van der Waals surface area contributed by atoms with Crippen molar-refractivity contribution in [3.05, 3.63) is 29.1 Å². The molecule has 90 valence electrons. The normalized spacial score (nSPS) is 11.0. The monoisotopic (exact) mass is 231 g/mol. The van der Waals surface area contributed by atoms with E-state index in [1.165, 1.54) is 0 Å². The third-order valence-electron chi connectivity index (χ3n) is 3.15. The van der Waals surface area contributed by atoms with E-state index >= 15 is 0 Å². The lowest BCUT2D eigenvalue weighted by Gasteiger charge is -2.06. The van der Waals surface area contributed by atoms with Crippen molar-refractivity contribution >= 4 is 16.9 Å². The summed E-state index contributed by atoms with van der Waals surface area (Å²) < 4.78 is 2.03. The predicted molar refractivity (Wildman–Crippen MR) is 68.0 cm³/mol. The molecular weight excluding hydrogens is 214 g/mol. The van der Waals surface area contributed by atoms with Crippen molar-refractivity contribution in [1.82, 2.24) is 9.55 Å². The number of hydrogen-bond acceptors (Lipinski definition) is 2. The van der Waals surface area contributed by atoms with E-state index in [-0.39, 0.29) is 5.91 Å². The lowest BCUT2D eigenvalue weighted by Crippen LogP contribution is -2.14. The van der Waals surface area contributed by atoms with Crippen LogP contribution in [0, 0.1) is 6.92 Å². The van der Waals surface area contributed by atoms with Gasteiger partial charge in [-0.2, -0.15) is 0 Å². The Bertz CT molecular complexity index is 584. The number of amides is 1. The Morgan fingerprint density at radius 1 is 1.47 bits per heavy atom. The molecule has 0 fully saturated rings. The number of carbonyl (C=O) groups is 1. The number of nitrogens with two attached hydrogens (primary N) is 1. The molecule has 0 aliphatic rings. The summed E-state index contributed by atoms with van der Waals surface area (Å²) in [6.07, 6.45) is 1.79. The van der Waals surface area contributed by atoms with E-state index in [0.29, 0.717) is 5.56 Å². The molecule has 17 heavy (non-hydrogen) atoms. The number of carbonyl (C=O) groups excluding carboxylic acids is 1. The largest absolute Gasteiger partial charge is 0.366 e. The van der Waals surface area contributed by atoms with Crippen molar-refractivity contribution in [3.8, 4) is 0 Å². The summed E-state index contributed by atoms with van der Waals surface area (Å²) in [5.74, 6) is 0.567. The van der Waals surface area contributed by atoms with Gasteiger partial charge in [0.15, 0.2) is 0 Å². The lowest BCUT2D eigenvalue weighted by atomic mass is 10.0. The number of rotatable bonds is 3. The minimum Gasteiger partial charge on any atom is -0.366 e. The molecule has 1 aromatic carbocycles. The summed E-state index contributed by atoms with van der Waals surface area (Å²) >= 11 is 0. The van der Waals surface area contributed by atoms with Gasteiger partial charge in [0.05, 0.1) is 11.0 Å². The minimum absolute atomic E-state index is 0.376. The fraction of sp³-hybridized carbons (Fsp3) is 0.385. The summed E-state index contributed by atoms with van der Waals surface area (Å²) in [7, 11) is 1.98. The summed E-state index contributed by atoms with van der Waals surface area (Å²) in [5, 5.41) is 0. The van der Waals surface area contributed by atoms with Gasteiger partial charge in [-0.3, -0.25) is 4.79 Å². The maximum atomic E-state index is 11.4. The number of aryl methyl sites for hydroxylation is 3. The van der Waals surface area contributed by atoms with Crippen LogP contribution in [0.4, 0.5) is 0 Å². The number of aromatic nitrogens is 2. The maximum absolute atomic E-state index is 11.4. The van der Waals surface area contributed by atoms with Crippen molar-refractivity contribution in [2.24, 2.45) is 12.8 Å². The molecule has 0 aliphatic carbocycles. The molecule has 2 aromatic rings. The first-order valence-corrected chi connectivity index (χ1v) is 5.81. The maximum Gasteiger partial charge on any atom is 0.249 e. The molecule has 0 atom stereocenters. The third kappa shape index (κ3) is 1.79. The van der Waals surface area contributed by atoms with Gasteiger partial charge in [-0.1, -0.05) is 13.3 Å². The molecule has 0 saturated carbocycles. The Morgan fingerprint density at radius 3 is 2.76 bits per heavy atom. The Morgan fingerprint density at radius 2 is 2.18 bits per heavy atom. The van der Waals surface area contributed by atoms with Crippen LogP contribution in [0.5, 0.6) is 0 Å². The average molecular weight is 231 g/mol. The zero-order valence-electron chi connectivity index (χ0n) is 10.4. The highest BCUT2D eigenvalue weighted by atomic mass is 16.1. The Balaban J connectivity index is 2.79. The molecule has 1 aromatic heterocycles. The van der Waals surface area contributed by atoms with Crippen molar-refractivity contribution in [1.29, 1.82) is 0 Å². The molecule has 0 spiro atoms. The molecular formula is C13H17N3O. The molecule has 2 N–H and O–H groups in total. The van der Waals surface area contributed by atoms with Gasteiger partial charge in [0.2, 0.25) is 5.91 Å². The molecule has 4 heteroatoms. The summed E-state index contributed by atoms with van der Waals surface area (Å²) in [4.78, 5) is 15.9. The quantitative estimate of drug-likeness (QED) is 0.877. The van der Waals surface area contributed by atoms with Crippen LogP contribution in [0.1, 0.15) is 35.1 Å². The molecule has 0 aliphatic heterocycles. The van der Waals surface area contributed by atoms with Gasteiger partial charge in [0.25, 0.3) is 0 Å². The van der Waals surface area contributed by atoms with Crippen LogP contribution in [-0.4, -0.2) is 15.5 Å². The second-order valence-corrected chi connectivity index (χ2v) is 4.29. The van der Waals surface area contributed by atoms with Gasteiger partial charge in [0.1, 0.15) is 5.82 Å². The van der Waals surface area contributed by atoms with Crippen molar-refractivity contribution in [3.63, 3.8) is 0 Å². The molecule has 0 radical (unpaired) electrons. The van der Waals surface area contributed by atoms with Crippen LogP contribution >= 0.6 is 0 Å². The van der Waals surface area contributed by atoms with E-state index < -0.39 is 0 Å². The van der Waals surface area contributed by atoms with Gasteiger partial charge in [-0.05, 0) is 31.0 Å². The average Bonchev–Trinajstić information content (AvgIpc) is 2.57. The molecule has 1 amide bonds. The summed E-state index contributed by atoms with van der Waals surface area (Å²) in [6.45, 7) is 4.04. The molecule has 2 rings (SSSR count). The second kappa shape index (κ2) is 4.20. The van der Waals surface area contributed by atoms with Crippen LogP contribution < -0.4 is 5.73 Å². The Kier molecular flexibility index (Phi) is 2.88. The van der Waals surface area contributed by atoms with Crippen molar-refractivity contribution in [2.45, 2.75) is 26.7 Å². The smallest absolute Gasteiger partial charge is 0.249 e. The van der Waals surface area contributed by atoms with E-state index in [2.05, 4.69) is 11.9 Å². The van der Waals surface area contributed by atoms with Crippen LogP contribution in [0.15, 0.2) is 12.1 Å². The van der Waals surface area contributed by atoms with E-state index in [1.54, 1.807) is 6.07 Å². The second-order valence-electron chi connectivity index (χ2n) is 4.29. The number of fused-ring (bicyclic) bond motifs is 1. The fourth-order valence-electron chi connectivity index (χ4n) is 2.16. The van der Waals surface area contributed by atoms with E-state index in [4.69, 9.17) is 5.73 Å². The van der Waals surface area contributed by atoms with E-state index in [1.807, 2.05) is 24.6 Å². The summed E-state index contributed by atoms with van der Waals surface area (Å²) in [6, 6.07) is 3.71. The van der Waals surface area contributed by atoms with Gasteiger partial charge < -0.3 is 10.3 Å². The van der Waals surface area contributed by atoms with Crippen LogP contribution in [-0.2, 0) is 13.5 Å². The van der Waals surface area contributed by atoms with Crippen LogP contribution in [0.25, 0.3) is 11.0 Å². The van der Waals surface area contributed by atoms with Gasteiger partial charge in [0, 0.05) is 12.6 Å². The predicted octanol–water partition coefficient (Wildman–Crippen LogP) is 1.93. The number of imidazole rings is 1. The molecule has 0 unspecified atom stereocenters. The van der Waals surface area contributed by atoms with Gasteiger partial charge in [-0.25, -0.2) is 4.98 Å². The van der Waals surface area contributed by atoms with Crippen LogP contribution in [0.3, 0.4) is 0 Å². The van der Waals surface area contributed by atoms with Gasteiger partial charge >= 0.3 is 0 Å². The first-order valence-electron chi connectivity index (χ1n) is 5.81. The highest BCUT2D eigenvalue weighted by Gasteiger charge is 2.15. The topological polar surface area (TPSA) is 60.9 Å². The highest BCUT2D eigenvalue weighted by Crippen LogP contribution is 2.23. The Labute approximate surface area is 100 Å². The lowest BCUT2D eigenvalue weighted by molar-refractivity contribution is 0.0999. The first kappa shape index (κ1) is 11.6. The number of primary amides is 1. The van der Waals surface area contributed by atoms with Gasteiger partial charge in [-0.15, -0.1) is 0 Å². The zero-order valence-corrected chi connectivity index (χ0v) is 10.4. The highest BCUT2D eigenvalue weighted by molar-refractivity contribution is 5.99. The van der Waals surface area contributed by atoms with Crippen molar-refractivity contribution in [2.75, 3.05) is 0 Å². The molecule has 1 heterocycles. The molecule has 4 nitrogen and oxygen atoms in total. The van der Waals surface area contributed by atoms with E-state index in [0.717, 1.165) is 35.3 Å². The Hall–Kier alpha value is -1.84. The standard InChI is InChI=1S/C13H17N3O/c1-4-5-9-10(13(14)17)6-7-11-12(9)15-8(2)16(11)3/h6-7H,4-5H2,1-3H3,(H2,14,17). The number of nitrogens with zero attached hydrogens (tertiary/aromatic N) is 2. The summed E-state index contributed by atoms with van der Waals surface area (Å²) in [5.41, 5.74) is 8.93. The fourth-order valence-corrected chi connectivity index (χ4v) is 2.16. The molecule has 0 saturated heterocycles. The first-order chi connectivity index (χ1) is 8.06. The third-order valence-corrected chi connectivity index (χ3v) is 3.15. The van der Waals surface area contributed by atoms with Crippen LogP contribution in [0.2, 0.25) is 0 Å². The minimum atomic E-state index is -0.376.